The minimum absolute atomic E-state index is 0.0226. The fourth-order valence-corrected chi connectivity index (χ4v) is 2.85. The van der Waals surface area contributed by atoms with Crippen molar-refractivity contribution < 1.29 is 4.79 Å². The van der Waals surface area contributed by atoms with E-state index in [0.717, 1.165) is 15.7 Å². The highest BCUT2D eigenvalue weighted by atomic mass is 79.9. The average Bonchev–Trinajstić information content (AvgIpc) is 2.37. The van der Waals surface area contributed by atoms with Crippen molar-refractivity contribution >= 4 is 44.9 Å². The number of benzene rings is 2. The predicted molar refractivity (Wildman–Crippen MR) is 90.8 cm³/mol. The molecule has 21 heavy (non-hydrogen) atoms. The second-order valence-corrected chi connectivity index (χ2v) is 5.92. The third kappa shape index (κ3) is 4.37. The van der Waals surface area contributed by atoms with Crippen LogP contribution in [0.15, 0.2) is 46.9 Å². The minimum Gasteiger partial charge on any atom is -0.378 e. The van der Waals surface area contributed by atoms with Gasteiger partial charge in [0.2, 0.25) is 0 Å². The largest absolute Gasteiger partial charge is 0.378 e. The van der Waals surface area contributed by atoms with Crippen LogP contribution in [-0.2, 0) is 0 Å². The van der Waals surface area contributed by atoms with Gasteiger partial charge in [0.05, 0.1) is 0 Å². The summed E-state index contributed by atoms with van der Waals surface area (Å²) < 4.78 is 0.941. The first kappa shape index (κ1) is 15.7. The molecule has 4 N–H and O–H groups in total. The zero-order valence-electron chi connectivity index (χ0n) is 11.4. The van der Waals surface area contributed by atoms with Crippen LogP contribution >= 0.6 is 27.5 Å². The molecule has 0 fully saturated rings. The van der Waals surface area contributed by atoms with Gasteiger partial charge in [0.1, 0.15) is 0 Å². The molecule has 2 rings (SSSR count). The first-order valence-electron chi connectivity index (χ1n) is 6.33. The van der Waals surface area contributed by atoms with Crippen molar-refractivity contribution in [3.63, 3.8) is 0 Å². The van der Waals surface area contributed by atoms with Gasteiger partial charge < -0.3 is 16.4 Å². The lowest BCUT2D eigenvalue weighted by Gasteiger charge is -2.18. The van der Waals surface area contributed by atoms with E-state index in [1.165, 1.54) is 0 Å². The Labute approximate surface area is 136 Å². The molecule has 0 spiro atoms. The van der Waals surface area contributed by atoms with Gasteiger partial charge in [-0.3, -0.25) is 0 Å². The number of nitrogens with one attached hydrogen (secondary N) is 2. The Bertz CT molecular complexity index is 663. The van der Waals surface area contributed by atoms with Crippen LogP contribution in [0.2, 0.25) is 5.02 Å². The maximum absolute atomic E-state index is 10.9. The third-order valence-corrected chi connectivity index (χ3v) is 3.76. The van der Waals surface area contributed by atoms with Crippen LogP contribution in [0.3, 0.4) is 0 Å². The smallest absolute Gasteiger partial charge is 0.316 e. The number of amides is 2. The molecule has 0 aromatic heterocycles. The van der Waals surface area contributed by atoms with Crippen LogP contribution in [0.1, 0.15) is 18.5 Å². The van der Waals surface area contributed by atoms with Crippen LogP contribution in [0, 0.1) is 0 Å². The lowest BCUT2D eigenvalue weighted by molar-refractivity contribution is 0.259. The van der Waals surface area contributed by atoms with Gasteiger partial charge in [-0.05, 0) is 42.8 Å². The van der Waals surface area contributed by atoms with E-state index >= 15 is 0 Å². The van der Waals surface area contributed by atoms with Crippen molar-refractivity contribution in [2.75, 3.05) is 10.6 Å². The molecule has 1 atom stereocenters. The van der Waals surface area contributed by atoms with E-state index in [1.54, 1.807) is 6.07 Å². The molecule has 0 aliphatic heterocycles. The van der Waals surface area contributed by atoms with Crippen molar-refractivity contribution in [1.29, 1.82) is 0 Å². The van der Waals surface area contributed by atoms with Crippen molar-refractivity contribution in [1.82, 2.24) is 0 Å². The molecule has 0 aliphatic carbocycles. The summed E-state index contributed by atoms with van der Waals surface area (Å²) in [6.45, 7) is 2.02. The molecule has 0 bridgehead atoms. The summed E-state index contributed by atoms with van der Waals surface area (Å²) in [6, 6.07) is 12.5. The maximum Gasteiger partial charge on any atom is 0.316 e. The summed E-state index contributed by atoms with van der Waals surface area (Å²) >= 11 is 9.63. The lowest BCUT2D eigenvalue weighted by atomic mass is 10.1. The number of hydrogen-bond donors (Lipinski definition) is 3. The standard InChI is InChI=1S/C15H15BrClN3O/c1-9(13-6-5-10(16)7-14(13)17)19-11-3-2-4-12(8-11)20-15(18)21/h2-9,19H,1H3,(H3,18,20,21). The van der Waals surface area contributed by atoms with Gasteiger partial charge in [0.15, 0.2) is 0 Å². The first-order valence-corrected chi connectivity index (χ1v) is 7.51. The third-order valence-electron chi connectivity index (χ3n) is 2.94. The topological polar surface area (TPSA) is 67.2 Å². The van der Waals surface area contributed by atoms with Gasteiger partial charge in [-0.25, -0.2) is 4.79 Å². The SMILES string of the molecule is CC(Nc1cccc(NC(N)=O)c1)c1ccc(Br)cc1Cl. The second-order valence-electron chi connectivity index (χ2n) is 4.60. The van der Waals surface area contributed by atoms with Crippen LogP contribution in [0.25, 0.3) is 0 Å². The number of carbonyl (C=O) groups is 1. The quantitative estimate of drug-likeness (QED) is 0.728. The summed E-state index contributed by atoms with van der Waals surface area (Å²) in [4.78, 5) is 10.9. The Kier molecular flexibility index (Phi) is 5.09. The van der Waals surface area contributed by atoms with Gasteiger partial charge in [0.25, 0.3) is 0 Å². The van der Waals surface area contributed by atoms with Crippen molar-refractivity contribution in [2.24, 2.45) is 5.73 Å². The van der Waals surface area contributed by atoms with E-state index in [-0.39, 0.29) is 6.04 Å². The molecule has 0 radical (unpaired) electrons. The highest BCUT2D eigenvalue weighted by Gasteiger charge is 2.10. The molecule has 0 aliphatic rings. The van der Waals surface area contributed by atoms with Gasteiger partial charge in [-0.2, -0.15) is 0 Å². The molecule has 2 aromatic rings. The Balaban J connectivity index is 2.15. The van der Waals surface area contributed by atoms with E-state index in [0.29, 0.717) is 10.7 Å². The second kappa shape index (κ2) is 6.83. The summed E-state index contributed by atoms with van der Waals surface area (Å²) in [5.41, 5.74) is 7.61. The monoisotopic (exact) mass is 367 g/mol. The molecular formula is C15H15BrClN3O. The molecule has 110 valence electrons. The molecular weight excluding hydrogens is 354 g/mol. The molecule has 6 heteroatoms. The number of urea groups is 1. The summed E-state index contributed by atoms with van der Waals surface area (Å²) in [5.74, 6) is 0. The molecule has 0 heterocycles. The summed E-state index contributed by atoms with van der Waals surface area (Å²) in [7, 11) is 0. The number of carbonyl (C=O) groups excluding carboxylic acids is 1. The lowest BCUT2D eigenvalue weighted by Crippen LogP contribution is -2.19. The highest BCUT2D eigenvalue weighted by molar-refractivity contribution is 9.10. The predicted octanol–water partition coefficient (Wildman–Crippen LogP) is 4.77. The fourth-order valence-electron chi connectivity index (χ4n) is 2.01. The zero-order chi connectivity index (χ0) is 15.4. The van der Waals surface area contributed by atoms with Gasteiger partial charge in [-0.1, -0.05) is 39.7 Å². The molecule has 4 nitrogen and oxygen atoms in total. The number of primary amides is 1. The number of hydrogen-bond acceptors (Lipinski definition) is 2. The zero-order valence-corrected chi connectivity index (χ0v) is 13.7. The van der Waals surface area contributed by atoms with E-state index < -0.39 is 6.03 Å². The molecule has 0 saturated carbocycles. The fraction of sp³-hybridized carbons (Fsp3) is 0.133. The molecule has 0 saturated heterocycles. The Morgan fingerprint density at radius 2 is 1.95 bits per heavy atom. The van der Waals surface area contributed by atoms with E-state index in [1.807, 2.05) is 43.3 Å². The van der Waals surface area contributed by atoms with Gasteiger partial charge in [0, 0.05) is 26.9 Å². The van der Waals surface area contributed by atoms with Crippen molar-refractivity contribution in [3.8, 4) is 0 Å². The average molecular weight is 369 g/mol. The Morgan fingerprint density at radius 3 is 2.62 bits per heavy atom. The Hall–Kier alpha value is -1.72. The number of nitrogens with two attached hydrogens (primary N) is 1. The normalized spacial score (nSPS) is 11.8. The first-order chi connectivity index (χ1) is 9.95. The Morgan fingerprint density at radius 1 is 1.24 bits per heavy atom. The van der Waals surface area contributed by atoms with Crippen LogP contribution in [0.4, 0.5) is 16.2 Å². The highest BCUT2D eigenvalue weighted by Crippen LogP contribution is 2.29. The van der Waals surface area contributed by atoms with Gasteiger partial charge >= 0.3 is 6.03 Å². The number of anilines is 2. The van der Waals surface area contributed by atoms with Crippen molar-refractivity contribution in [2.45, 2.75) is 13.0 Å². The van der Waals surface area contributed by atoms with E-state index in [4.69, 9.17) is 17.3 Å². The van der Waals surface area contributed by atoms with Crippen LogP contribution < -0.4 is 16.4 Å². The van der Waals surface area contributed by atoms with Crippen LogP contribution in [0.5, 0.6) is 0 Å². The van der Waals surface area contributed by atoms with Gasteiger partial charge in [-0.15, -0.1) is 0 Å². The summed E-state index contributed by atoms with van der Waals surface area (Å²) in [6.07, 6.45) is 0. The number of halogens is 2. The minimum atomic E-state index is -0.587. The van der Waals surface area contributed by atoms with E-state index in [9.17, 15) is 4.79 Å². The van der Waals surface area contributed by atoms with Crippen LogP contribution in [-0.4, -0.2) is 6.03 Å². The molecule has 2 amide bonds. The summed E-state index contributed by atoms with van der Waals surface area (Å²) in [5, 5.41) is 6.57. The van der Waals surface area contributed by atoms with E-state index in [2.05, 4.69) is 26.6 Å². The van der Waals surface area contributed by atoms with Crippen molar-refractivity contribution in [3.05, 3.63) is 57.5 Å². The molecule has 2 aromatic carbocycles. The molecule has 1 unspecified atom stereocenters. The maximum atomic E-state index is 10.9. The number of rotatable bonds is 4.